The van der Waals surface area contributed by atoms with E-state index < -0.39 is 5.60 Å². The quantitative estimate of drug-likeness (QED) is 0.601. The van der Waals surface area contributed by atoms with Crippen molar-refractivity contribution in [2.24, 2.45) is 11.7 Å². The van der Waals surface area contributed by atoms with Crippen LogP contribution in [-0.2, 0) is 4.74 Å². The average molecular weight is 159 g/mol. The number of ether oxygens (including phenoxy) is 1. The molecule has 1 rings (SSSR count). The van der Waals surface area contributed by atoms with Crippen LogP contribution in [0.2, 0.25) is 0 Å². The van der Waals surface area contributed by atoms with Gasteiger partial charge in [0.25, 0.3) is 0 Å². The molecule has 0 bridgehead atoms. The maximum absolute atomic E-state index is 10.0. The minimum absolute atomic E-state index is 0.0685. The second kappa shape index (κ2) is 3.09. The van der Waals surface area contributed by atoms with E-state index in [1.165, 1.54) is 0 Å². The van der Waals surface area contributed by atoms with Gasteiger partial charge in [0.2, 0.25) is 0 Å². The van der Waals surface area contributed by atoms with Crippen LogP contribution in [0.1, 0.15) is 20.3 Å². The molecule has 0 saturated carbocycles. The summed E-state index contributed by atoms with van der Waals surface area (Å²) in [5.74, 6) is 0.125. The van der Waals surface area contributed by atoms with E-state index in [9.17, 15) is 5.11 Å². The number of hydrogen-bond acceptors (Lipinski definition) is 3. The molecule has 3 heteroatoms. The standard InChI is InChI=1S/C8H17NO2/c1-6(5-9)8(10)3-4-11-7(8)2/h6-7,10H,3-5,9H2,1-2H3. The average Bonchev–Trinajstić information content (AvgIpc) is 2.32. The fourth-order valence-corrected chi connectivity index (χ4v) is 1.60. The van der Waals surface area contributed by atoms with E-state index in [4.69, 9.17) is 10.5 Å². The lowest BCUT2D eigenvalue weighted by atomic mass is 9.83. The molecular weight excluding hydrogens is 142 g/mol. The topological polar surface area (TPSA) is 55.5 Å². The third-order valence-corrected chi connectivity index (χ3v) is 2.78. The number of aliphatic hydroxyl groups is 1. The Morgan fingerprint density at radius 3 is 2.82 bits per heavy atom. The minimum atomic E-state index is -0.686. The van der Waals surface area contributed by atoms with Crippen molar-refractivity contribution < 1.29 is 9.84 Å². The van der Waals surface area contributed by atoms with E-state index in [1.54, 1.807) is 0 Å². The smallest absolute Gasteiger partial charge is 0.0964 e. The van der Waals surface area contributed by atoms with Gasteiger partial charge in [-0.15, -0.1) is 0 Å². The van der Waals surface area contributed by atoms with Crippen LogP contribution >= 0.6 is 0 Å². The molecule has 1 saturated heterocycles. The fourth-order valence-electron chi connectivity index (χ4n) is 1.60. The van der Waals surface area contributed by atoms with Gasteiger partial charge in [-0.2, -0.15) is 0 Å². The van der Waals surface area contributed by atoms with Gasteiger partial charge in [0.05, 0.1) is 11.7 Å². The van der Waals surface area contributed by atoms with Crippen molar-refractivity contribution >= 4 is 0 Å². The van der Waals surface area contributed by atoms with E-state index in [1.807, 2.05) is 13.8 Å². The summed E-state index contributed by atoms with van der Waals surface area (Å²) in [6.45, 7) is 5.04. The SMILES string of the molecule is CC(CN)C1(O)CCOC1C. The Morgan fingerprint density at radius 2 is 2.45 bits per heavy atom. The number of nitrogens with two attached hydrogens (primary N) is 1. The molecule has 0 aromatic rings. The molecule has 66 valence electrons. The van der Waals surface area contributed by atoms with Gasteiger partial charge in [-0.3, -0.25) is 0 Å². The zero-order valence-corrected chi connectivity index (χ0v) is 7.21. The van der Waals surface area contributed by atoms with E-state index in [0.29, 0.717) is 19.6 Å². The highest BCUT2D eigenvalue weighted by atomic mass is 16.5. The molecule has 1 fully saturated rings. The van der Waals surface area contributed by atoms with Crippen LogP contribution in [0.25, 0.3) is 0 Å². The lowest BCUT2D eigenvalue weighted by molar-refractivity contribution is -0.0616. The van der Waals surface area contributed by atoms with Crippen molar-refractivity contribution in [1.82, 2.24) is 0 Å². The first-order valence-corrected chi connectivity index (χ1v) is 4.15. The van der Waals surface area contributed by atoms with Crippen molar-refractivity contribution in [3.63, 3.8) is 0 Å². The Balaban J connectivity index is 2.64. The van der Waals surface area contributed by atoms with Gasteiger partial charge in [-0.05, 0) is 19.4 Å². The maximum atomic E-state index is 10.0. The summed E-state index contributed by atoms with van der Waals surface area (Å²) >= 11 is 0. The van der Waals surface area contributed by atoms with Crippen molar-refractivity contribution in [3.05, 3.63) is 0 Å². The van der Waals surface area contributed by atoms with Crippen LogP contribution in [0.4, 0.5) is 0 Å². The fraction of sp³-hybridized carbons (Fsp3) is 1.00. The summed E-state index contributed by atoms with van der Waals surface area (Å²) in [4.78, 5) is 0. The van der Waals surface area contributed by atoms with Crippen molar-refractivity contribution in [3.8, 4) is 0 Å². The molecule has 3 atom stereocenters. The summed E-state index contributed by atoms with van der Waals surface area (Å²) in [6, 6.07) is 0. The molecule has 0 amide bonds. The van der Waals surface area contributed by atoms with Gasteiger partial charge >= 0.3 is 0 Å². The van der Waals surface area contributed by atoms with Gasteiger partial charge < -0.3 is 15.6 Å². The molecular formula is C8H17NO2. The van der Waals surface area contributed by atoms with Gasteiger partial charge in [0.1, 0.15) is 0 Å². The minimum Gasteiger partial charge on any atom is -0.387 e. The van der Waals surface area contributed by atoms with Crippen LogP contribution in [0.3, 0.4) is 0 Å². The Labute approximate surface area is 67.5 Å². The first kappa shape index (κ1) is 8.97. The monoisotopic (exact) mass is 159 g/mol. The third kappa shape index (κ3) is 1.41. The zero-order chi connectivity index (χ0) is 8.48. The molecule has 0 aromatic heterocycles. The zero-order valence-electron chi connectivity index (χ0n) is 7.21. The summed E-state index contributed by atoms with van der Waals surface area (Å²) in [5, 5.41) is 10.0. The Hall–Kier alpha value is -0.120. The maximum Gasteiger partial charge on any atom is 0.0964 e. The van der Waals surface area contributed by atoms with Gasteiger partial charge in [-0.1, -0.05) is 6.92 Å². The van der Waals surface area contributed by atoms with Crippen LogP contribution < -0.4 is 5.73 Å². The van der Waals surface area contributed by atoms with Crippen LogP contribution in [-0.4, -0.2) is 30.0 Å². The van der Waals surface area contributed by atoms with E-state index in [2.05, 4.69) is 0 Å². The van der Waals surface area contributed by atoms with Gasteiger partial charge in [-0.25, -0.2) is 0 Å². The number of hydrogen-bond donors (Lipinski definition) is 2. The lowest BCUT2D eigenvalue weighted by Gasteiger charge is -2.31. The highest BCUT2D eigenvalue weighted by Crippen LogP contribution is 2.32. The highest BCUT2D eigenvalue weighted by molar-refractivity contribution is 4.93. The first-order chi connectivity index (χ1) is 5.11. The van der Waals surface area contributed by atoms with E-state index in [0.717, 1.165) is 0 Å². The Morgan fingerprint density at radius 1 is 1.82 bits per heavy atom. The summed E-state index contributed by atoms with van der Waals surface area (Å²) in [7, 11) is 0. The molecule has 0 aromatic carbocycles. The van der Waals surface area contributed by atoms with Crippen molar-refractivity contribution in [2.45, 2.75) is 32.0 Å². The largest absolute Gasteiger partial charge is 0.387 e. The lowest BCUT2D eigenvalue weighted by Crippen LogP contribution is -2.45. The summed E-state index contributed by atoms with van der Waals surface area (Å²) in [6.07, 6.45) is 0.646. The molecule has 3 nitrogen and oxygen atoms in total. The second-order valence-electron chi connectivity index (χ2n) is 3.39. The van der Waals surface area contributed by atoms with E-state index >= 15 is 0 Å². The molecule has 11 heavy (non-hydrogen) atoms. The normalized spacial score (nSPS) is 40.9. The third-order valence-electron chi connectivity index (χ3n) is 2.78. The summed E-state index contributed by atoms with van der Waals surface area (Å²) in [5.41, 5.74) is 4.80. The van der Waals surface area contributed by atoms with Crippen LogP contribution in [0, 0.1) is 5.92 Å². The van der Waals surface area contributed by atoms with Gasteiger partial charge in [0.15, 0.2) is 0 Å². The van der Waals surface area contributed by atoms with Crippen molar-refractivity contribution in [2.75, 3.05) is 13.2 Å². The molecule has 1 aliphatic heterocycles. The van der Waals surface area contributed by atoms with Gasteiger partial charge in [0, 0.05) is 13.0 Å². The molecule has 0 spiro atoms. The second-order valence-corrected chi connectivity index (χ2v) is 3.39. The molecule has 3 unspecified atom stereocenters. The van der Waals surface area contributed by atoms with Crippen LogP contribution in [0.15, 0.2) is 0 Å². The Bertz CT molecular complexity index is 140. The first-order valence-electron chi connectivity index (χ1n) is 4.15. The molecule has 1 aliphatic rings. The molecule has 1 heterocycles. The highest BCUT2D eigenvalue weighted by Gasteiger charge is 2.43. The Kier molecular flexibility index (Phi) is 2.52. The predicted molar refractivity (Wildman–Crippen MR) is 43.2 cm³/mol. The predicted octanol–water partition coefficient (Wildman–Crippen LogP) is 0.121. The van der Waals surface area contributed by atoms with Crippen LogP contribution in [0.5, 0.6) is 0 Å². The molecule has 0 aliphatic carbocycles. The number of rotatable bonds is 2. The van der Waals surface area contributed by atoms with E-state index in [-0.39, 0.29) is 12.0 Å². The molecule has 3 N–H and O–H groups in total. The summed E-state index contributed by atoms with van der Waals surface area (Å²) < 4.78 is 5.29. The van der Waals surface area contributed by atoms with Crippen molar-refractivity contribution in [1.29, 1.82) is 0 Å². The molecule has 0 radical (unpaired) electrons.